The zero-order valence-electron chi connectivity index (χ0n) is 12.9. The first-order valence-corrected chi connectivity index (χ1v) is 7.19. The normalized spacial score (nSPS) is 12.3. The van der Waals surface area contributed by atoms with Crippen LogP contribution >= 0.6 is 0 Å². The van der Waals surface area contributed by atoms with E-state index in [9.17, 15) is 4.79 Å². The Morgan fingerprint density at radius 2 is 2.00 bits per heavy atom. The highest BCUT2D eigenvalue weighted by molar-refractivity contribution is 5.75. The highest BCUT2D eigenvalue weighted by Crippen LogP contribution is 2.33. The Morgan fingerprint density at radius 1 is 1.32 bits per heavy atom. The zero-order chi connectivity index (χ0) is 14.4. The van der Waals surface area contributed by atoms with Crippen LogP contribution in [0.4, 0.5) is 0 Å². The molecule has 2 nitrogen and oxygen atoms in total. The van der Waals surface area contributed by atoms with Gasteiger partial charge in [-0.25, -0.2) is 0 Å². The van der Waals surface area contributed by atoms with E-state index < -0.39 is 0 Å². The van der Waals surface area contributed by atoms with Crippen LogP contribution in [0.5, 0.6) is 5.75 Å². The summed E-state index contributed by atoms with van der Waals surface area (Å²) in [6.07, 6.45) is 2.54. The molecule has 1 unspecified atom stereocenters. The lowest BCUT2D eigenvalue weighted by atomic mass is 9.91. The van der Waals surface area contributed by atoms with Crippen molar-refractivity contribution in [3.63, 3.8) is 0 Å². The second kappa shape index (κ2) is 7.32. The van der Waals surface area contributed by atoms with Crippen molar-refractivity contribution in [2.75, 3.05) is 6.61 Å². The molecule has 0 bridgehead atoms. The van der Waals surface area contributed by atoms with Crippen LogP contribution in [-0.4, -0.2) is 12.4 Å². The van der Waals surface area contributed by atoms with Crippen molar-refractivity contribution in [2.24, 2.45) is 0 Å². The van der Waals surface area contributed by atoms with Crippen LogP contribution in [-0.2, 0) is 4.79 Å². The fourth-order valence-corrected chi connectivity index (χ4v) is 2.33. The number of hydrogen-bond acceptors (Lipinski definition) is 2. The third-order valence-corrected chi connectivity index (χ3v) is 3.36. The number of ketones is 1. The third kappa shape index (κ3) is 4.70. The quantitative estimate of drug-likeness (QED) is 0.719. The van der Waals surface area contributed by atoms with E-state index in [1.807, 2.05) is 0 Å². The summed E-state index contributed by atoms with van der Waals surface area (Å²) in [5.41, 5.74) is 3.69. The van der Waals surface area contributed by atoms with Gasteiger partial charge in [0.05, 0.1) is 6.61 Å². The third-order valence-electron chi connectivity index (χ3n) is 3.36. The lowest BCUT2D eigenvalue weighted by Crippen LogP contribution is -2.05. The van der Waals surface area contributed by atoms with Crippen molar-refractivity contribution in [3.8, 4) is 5.75 Å². The van der Waals surface area contributed by atoms with Crippen molar-refractivity contribution in [1.29, 1.82) is 0 Å². The summed E-state index contributed by atoms with van der Waals surface area (Å²) < 4.78 is 5.92. The summed E-state index contributed by atoms with van der Waals surface area (Å²) in [6, 6.07) is 4.36. The van der Waals surface area contributed by atoms with E-state index in [4.69, 9.17) is 4.74 Å². The maximum absolute atomic E-state index is 11.1. The zero-order valence-corrected chi connectivity index (χ0v) is 12.9. The van der Waals surface area contributed by atoms with Crippen molar-refractivity contribution in [1.82, 2.24) is 0 Å². The van der Waals surface area contributed by atoms with Gasteiger partial charge in [-0.1, -0.05) is 31.5 Å². The molecule has 1 atom stereocenters. The standard InChI is InChI=1S/C17H26O2/c1-6-9-19-17-14(4)10-12(2)11-16(17)13(3)7-8-15(5)18/h10-11,13H,6-9H2,1-5H3. The molecule has 0 aliphatic carbocycles. The molecule has 0 radical (unpaired) electrons. The predicted molar refractivity (Wildman–Crippen MR) is 80.0 cm³/mol. The number of Topliss-reactive ketones (excluding diaryl/α,β-unsaturated/α-hetero) is 1. The SMILES string of the molecule is CCCOc1c(C)cc(C)cc1C(C)CCC(C)=O. The van der Waals surface area contributed by atoms with Gasteiger partial charge in [0, 0.05) is 6.42 Å². The smallest absolute Gasteiger partial charge is 0.129 e. The molecule has 1 aromatic carbocycles. The average molecular weight is 262 g/mol. The summed E-state index contributed by atoms with van der Waals surface area (Å²) in [5.74, 6) is 1.63. The largest absolute Gasteiger partial charge is 0.493 e. The van der Waals surface area contributed by atoms with Crippen LogP contribution in [0.25, 0.3) is 0 Å². The molecule has 19 heavy (non-hydrogen) atoms. The molecule has 2 heteroatoms. The van der Waals surface area contributed by atoms with E-state index in [-0.39, 0.29) is 5.78 Å². The van der Waals surface area contributed by atoms with Crippen molar-refractivity contribution < 1.29 is 9.53 Å². The number of carbonyl (C=O) groups excluding carboxylic acids is 1. The monoisotopic (exact) mass is 262 g/mol. The molecule has 1 aromatic rings. The van der Waals surface area contributed by atoms with Crippen LogP contribution in [0.3, 0.4) is 0 Å². The van der Waals surface area contributed by atoms with Crippen molar-refractivity contribution in [3.05, 3.63) is 28.8 Å². The lowest BCUT2D eigenvalue weighted by Gasteiger charge is -2.19. The molecular formula is C17H26O2. The number of ether oxygens (including phenoxy) is 1. The molecule has 0 aromatic heterocycles. The minimum absolute atomic E-state index is 0.257. The van der Waals surface area contributed by atoms with Gasteiger partial charge >= 0.3 is 0 Å². The molecule has 0 amide bonds. The van der Waals surface area contributed by atoms with E-state index in [0.717, 1.165) is 25.2 Å². The Hall–Kier alpha value is -1.31. The number of benzene rings is 1. The van der Waals surface area contributed by atoms with Gasteiger partial charge in [0.2, 0.25) is 0 Å². The Morgan fingerprint density at radius 3 is 2.58 bits per heavy atom. The van der Waals surface area contributed by atoms with E-state index in [0.29, 0.717) is 12.3 Å². The number of aryl methyl sites for hydroxylation is 2. The van der Waals surface area contributed by atoms with Gasteiger partial charge in [0.1, 0.15) is 11.5 Å². The molecule has 106 valence electrons. The summed E-state index contributed by atoms with van der Waals surface area (Å²) >= 11 is 0. The van der Waals surface area contributed by atoms with Gasteiger partial charge < -0.3 is 9.53 Å². The van der Waals surface area contributed by atoms with Crippen molar-refractivity contribution in [2.45, 2.75) is 59.8 Å². The molecule has 0 spiro atoms. The molecule has 0 saturated carbocycles. The molecule has 0 fully saturated rings. The van der Waals surface area contributed by atoms with E-state index in [1.165, 1.54) is 16.7 Å². The first-order valence-electron chi connectivity index (χ1n) is 7.19. The van der Waals surface area contributed by atoms with Gasteiger partial charge in [0.15, 0.2) is 0 Å². The Bertz CT molecular complexity index is 435. The van der Waals surface area contributed by atoms with Gasteiger partial charge in [-0.2, -0.15) is 0 Å². The van der Waals surface area contributed by atoms with Crippen molar-refractivity contribution >= 4 is 5.78 Å². The molecule has 0 aliphatic rings. The second-order valence-electron chi connectivity index (χ2n) is 5.49. The van der Waals surface area contributed by atoms with Gasteiger partial charge in [-0.05, 0) is 50.7 Å². The fourth-order valence-electron chi connectivity index (χ4n) is 2.33. The lowest BCUT2D eigenvalue weighted by molar-refractivity contribution is -0.117. The molecule has 0 aliphatic heterocycles. The molecular weight excluding hydrogens is 236 g/mol. The summed E-state index contributed by atoms with van der Waals surface area (Å²) in [7, 11) is 0. The van der Waals surface area contributed by atoms with Crippen LogP contribution < -0.4 is 4.74 Å². The highest BCUT2D eigenvalue weighted by Gasteiger charge is 2.15. The van der Waals surface area contributed by atoms with Gasteiger partial charge in [-0.15, -0.1) is 0 Å². The van der Waals surface area contributed by atoms with Crippen LogP contribution in [0.2, 0.25) is 0 Å². The van der Waals surface area contributed by atoms with Gasteiger partial charge in [-0.3, -0.25) is 0 Å². The van der Waals surface area contributed by atoms with Gasteiger partial charge in [0.25, 0.3) is 0 Å². The van der Waals surface area contributed by atoms with E-state index >= 15 is 0 Å². The Balaban J connectivity index is 2.98. The fraction of sp³-hybridized carbons (Fsp3) is 0.588. The maximum atomic E-state index is 11.1. The highest BCUT2D eigenvalue weighted by atomic mass is 16.5. The summed E-state index contributed by atoms with van der Waals surface area (Å²) in [6.45, 7) is 10.9. The number of carbonyl (C=O) groups is 1. The number of hydrogen-bond donors (Lipinski definition) is 0. The minimum atomic E-state index is 0.257. The summed E-state index contributed by atoms with van der Waals surface area (Å²) in [4.78, 5) is 11.1. The molecule has 1 rings (SSSR count). The molecule has 0 heterocycles. The Labute approximate surface area is 117 Å². The van der Waals surface area contributed by atoms with Crippen LogP contribution in [0.15, 0.2) is 12.1 Å². The first kappa shape index (κ1) is 15.7. The van der Waals surface area contributed by atoms with Crippen LogP contribution in [0, 0.1) is 13.8 Å². The topological polar surface area (TPSA) is 26.3 Å². The second-order valence-corrected chi connectivity index (χ2v) is 5.49. The first-order chi connectivity index (χ1) is 8.95. The number of rotatable bonds is 7. The minimum Gasteiger partial charge on any atom is -0.493 e. The molecule has 0 N–H and O–H groups in total. The van der Waals surface area contributed by atoms with Crippen LogP contribution in [0.1, 0.15) is 62.6 Å². The van der Waals surface area contributed by atoms with E-state index in [2.05, 4.69) is 39.8 Å². The summed E-state index contributed by atoms with van der Waals surface area (Å²) in [5, 5.41) is 0. The Kier molecular flexibility index (Phi) is 6.07. The maximum Gasteiger partial charge on any atom is 0.129 e. The average Bonchev–Trinajstić information content (AvgIpc) is 2.34. The molecule has 0 saturated heterocycles. The van der Waals surface area contributed by atoms with E-state index in [1.54, 1.807) is 6.92 Å². The predicted octanol–water partition coefficient (Wildman–Crippen LogP) is 4.56.